The zero-order valence-corrected chi connectivity index (χ0v) is 17.6. The van der Waals surface area contributed by atoms with Gasteiger partial charge in [0.25, 0.3) is 5.91 Å². The Balaban J connectivity index is 1.39. The van der Waals surface area contributed by atoms with Crippen LogP contribution < -0.4 is 16.0 Å². The first-order valence-electron chi connectivity index (χ1n) is 9.66. The minimum atomic E-state index is -0.594. The molecular weight excluding hydrogens is 414 g/mol. The van der Waals surface area contributed by atoms with Crippen molar-refractivity contribution < 1.29 is 14.4 Å². The third kappa shape index (κ3) is 4.46. The van der Waals surface area contributed by atoms with Crippen LogP contribution in [0.2, 0.25) is 0 Å². The van der Waals surface area contributed by atoms with Crippen molar-refractivity contribution in [3.8, 4) is 5.69 Å². The fourth-order valence-electron chi connectivity index (χ4n) is 3.44. The molecule has 0 bridgehead atoms. The fourth-order valence-corrected chi connectivity index (χ4v) is 3.84. The molecule has 9 heteroatoms. The summed E-state index contributed by atoms with van der Waals surface area (Å²) in [6.45, 7) is 0.352. The van der Waals surface area contributed by atoms with E-state index in [-0.39, 0.29) is 23.9 Å². The minimum absolute atomic E-state index is 0.0589. The summed E-state index contributed by atoms with van der Waals surface area (Å²) in [5.41, 5.74) is 7.54. The zero-order chi connectivity index (χ0) is 22.0. The maximum atomic E-state index is 12.7. The van der Waals surface area contributed by atoms with E-state index < -0.39 is 11.8 Å². The lowest BCUT2D eigenvalue weighted by Crippen LogP contribution is -2.28. The number of nitrogens with zero attached hydrogens (tertiary/aromatic N) is 3. The number of aromatic nitrogens is 2. The van der Waals surface area contributed by atoms with Gasteiger partial charge in [0.1, 0.15) is 5.69 Å². The first kappa shape index (κ1) is 20.7. The van der Waals surface area contributed by atoms with Crippen LogP contribution in [-0.2, 0) is 9.59 Å². The molecule has 0 saturated carbocycles. The molecule has 1 fully saturated rings. The number of rotatable bonds is 6. The molecule has 0 aliphatic carbocycles. The number of benzene rings is 2. The van der Waals surface area contributed by atoms with Gasteiger partial charge in [-0.2, -0.15) is 5.10 Å². The van der Waals surface area contributed by atoms with Crippen LogP contribution in [0, 0.1) is 5.92 Å². The number of hydrogen-bond acceptors (Lipinski definition) is 5. The second-order valence-corrected chi connectivity index (χ2v) is 8.03. The molecule has 1 aliphatic rings. The predicted molar refractivity (Wildman–Crippen MR) is 119 cm³/mol. The Labute approximate surface area is 183 Å². The van der Waals surface area contributed by atoms with Gasteiger partial charge in [-0.1, -0.05) is 0 Å². The molecule has 2 heterocycles. The highest BCUT2D eigenvalue weighted by Crippen LogP contribution is 2.28. The van der Waals surface area contributed by atoms with Crippen LogP contribution in [0.25, 0.3) is 5.69 Å². The molecule has 4 rings (SSSR count). The average molecular weight is 436 g/mol. The topological polar surface area (TPSA) is 110 Å². The van der Waals surface area contributed by atoms with Gasteiger partial charge < -0.3 is 16.0 Å². The van der Waals surface area contributed by atoms with E-state index in [1.807, 2.05) is 30.5 Å². The SMILES string of the molecule is CSc1ccc(N2CC(C(=O)Nc3ccc(-n4ccc(C(N)=O)n4)cc3)CC2=O)cc1. The van der Waals surface area contributed by atoms with Gasteiger partial charge in [0, 0.05) is 35.4 Å². The monoisotopic (exact) mass is 435 g/mol. The van der Waals surface area contributed by atoms with Gasteiger partial charge in [-0.3, -0.25) is 14.4 Å². The molecule has 158 valence electrons. The van der Waals surface area contributed by atoms with Crippen LogP contribution in [0.1, 0.15) is 16.9 Å². The number of carbonyl (C=O) groups is 3. The van der Waals surface area contributed by atoms with Gasteiger partial charge in [-0.25, -0.2) is 4.68 Å². The summed E-state index contributed by atoms with van der Waals surface area (Å²) >= 11 is 1.64. The Morgan fingerprint density at radius 2 is 1.74 bits per heavy atom. The largest absolute Gasteiger partial charge is 0.364 e. The fraction of sp³-hybridized carbons (Fsp3) is 0.182. The maximum absolute atomic E-state index is 12.7. The van der Waals surface area contributed by atoms with E-state index in [1.54, 1.807) is 47.1 Å². The lowest BCUT2D eigenvalue weighted by molar-refractivity contribution is -0.122. The molecule has 1 unspecified atom stereocenters. The Bertz CT molecular complexity index is 1120. The van der Waals surface area contributed by atoms with Gasteiger partial charge in [-0.15, -0.1) is 11.8 Å². The van der Waals surface area contributed by atoms with Crippen molar-refractivity contribution in [2.75, 3.05) is 23.0 Å². The van der Waals surface area contributed by atoms with Crippen LogP contribution in [0.3, 0.4) is 0 Å². The molecule has 2 aromatic carbocycles. The van der Waals surface area contributed by atoms with E-state index in [2.05, 4.69) is 10.4 Å². The molecular formula is C22H21N5O3S. The molecule has 3 aromatic rings. The van der Waals surface area contributed by atoms with Crippen molar-refractivity contribution in [2.45, 2.75) is 11.3 Å². The highest BCUT2D eigenvalue weighted by atomic mass is 32.2. The highest BCUT2D eigenvalue weighted by Gasteiger charge is 2.35. The summed E-state index contributed by atoms with van der Waals surface area (Å²) in [5, 5.41) is 6.97. The van der Waals surface area contributed by atoms with Crippen molar-refractivity contribution in [1.82, 2.24) is 9.78 Å². The summed E-state index contributed by atoms with van der Waals surface area (Å²) < 4.78 is 1.53. The van der Waals surface area contributed by atoms with Gasteiger partial charge in [-0.05, 0) is 60.9 Å². The Hall–Kier alpha value is -3.59. The molecule has 8 nitrogen and oxygen atoms in total. The second-order valence-electron chi connectivity index (χ2n) is 7.15. The smallest absolute Gasteiger partial charge is 0.269 e. The van der Waals surface area contributed by atoms with Crippen molar-refractivity contribution >= 4 is 40.9 Å². The minimum Gasteiger partial charge on any atom is -0.364 e. The predicted octanol–water partition coefficient (Wildman–Crippen LogP) is 2.68. The van der Waals surface area contributed by atoms with Gasteiger partial charge >= 0.3 is 0 Å². The molecule has 1 aliphatic heterocycles. The Kier molecular flexibility index (Phi) is 5.77. The van der Waals surface area contributed by atoms with Gasteiger partial charge in [0.15, 0.2) is 0 Å². The second kappa shape index (κ2) is 8.65. The molecule has 1 saturated heterocycles. The van der Waals surface area contributed by atoms with Crippen molar-refractivity contribution in [2.24, 2.45) is 11.7 Å². The van der Waals surface area contributed by atoms with Crippen LogP contribution in [0.15, 0.2) is 65.7 Å². The molecule has 0 radical (unpaired) electrons. The maximum Gasteiger partial charge on any atom is 0.269 e. The first-order valence-corrected chi connectivity index (χ1v) is 10.9. The summed E-state index contributed by atoms with van der Waals surface area (Å²) in [4.78, 5) is 39.1. The number of thioether (sulfide) groups is 1. The Morgan fingerprint density at radius 3 is 2.35 bits per heavy atom. The summed E-state index contributed by atoms with van der Waals surface area (Å²) in [6.07, 6.45) is 3.81. The van der Waals surface area contributed by atoms with Crippen LogP contribution in [0.5, 0.6) is 0 Å². The third-order valence-corrected chi connectivity index (χ3v) is 5.86. The number of carbonyl (C=O) groups excluding carboxylic acids is 3. The highest BCUT2D eigenvalue weighted by molar-refractivity contribution is 7.98. The first-order chi connectivity index (χ1) is 14.9. The summed E-state index contributed by atoms with van der Waals surface area (Å²) in [6, 6.07) is 16.3. The molecule has 0 spiro atoms. The molecule has 1 aromatic heterocycles. The number of primary amides is 1. The van der Waals surface area contributed by atoms with Crippen molar-refractivity contribution in [3.05, 3.63) is 66.5 Å². The number of nitrogens with two attached hydrogens (primary N) is 1. The van der Waals surface area contributed by atoms with E-state index in [0.717, 1.165) is 16.3 Å². The normalized spacial score (nSPS) is 15.8. The van der Waals surface area contributed by atoms with E-state index in [4.69, 9.17) is 5.73 Å². The summed E-state index contributed by atoms with van der Waals surface area (Å²) in [5.74, 6) is -1.27. The van der Waals surface area contributed by atoms with Crippen LogP contribution >= 0.6 is 11.8 Å². The zero-order valence-electron chi connectivity index (χ0n) is 16.8. The van der Waals surface area contributed by atoms with Crippen molar-refractivity contribution in [3.63, 3.8) is 0 Å². The van der Waals surface area contributed by atoms with Gasteiger partial charge in [0.2, 0.25) is 11.8 Å². The average Bonchev–Trinajstić information content (AvgIpc) is 3.42. The van der Waals surface area contributed by atoms with Crippen LogP contribution in [0.4, 0.5) is 11.4 Å². The number of anilines is 2. The molecule has 1 atom stereocenters. The van der Waals surface area contributed by atoms with E-state index in [1.165, 1.54) is 10.7 Å². The van der Waals surface area contributed by atoms with Crippen molar-refractivity contribution in [1.29, 1.82) is 0 Å². The number of amides is 3. The summed E-state index contributed by atoms with van der Waals surface area (Å²) in [7, 11) is 0. The molecule has 31 heavy (non-hydrogen) atoms. The number of hydrogen-bond donors (Lipinski definition) is 2. The lowest BCUT2D eigenvalue weighted by Gasteiger charge is -2.17. The van der Waals surface area contributed by atoms with E-state index in [0.29, 0.717) is 12.2 Å². The van der Waals surface area contributed by atoms with E-state index >= 15 is 0 Å². The number of nitrogens with one attached hydrogen (secondary N) is 1. The van der Waals surface area contributed by atoms with E-state index in [9.17, 15) is 14.4 Å². The standard InChI is InChI=1S/C22H21N5O3S/c1-31-18-8-6-16(7-9-18)26-13-14(12-20(26)28)22(30)24-15-2-4-17(5-3-15)27-11-10-19(25-27)21(23)29/h2-11,14H,12-13H2,1H3,(H2,23,29)(H,24,30). The Morgan fingerprint density at radius 1 is 1.06 bits per heavy atom. The van der Waals surface area contributed by atoms with Gasteiger partial charge in [0.05, 0.1) is 11.6 Å². The molecule has 3 N–H and O–H groups in total. The lowest BCUT2D eigenvalue weighted by atomic mass is 10.1. The quantitative estimate of drug-likeness (QED) is 0.579. The third-order valence-electron chi connectivity index (χ3n) is 5.12. The van der Waals surface area contributed by atoms with Crippen LogP contribution in [-0.4, -0.2) is 40.3 Å². The molecule has 3 amide bonds.